The molecule has 1 aromatic carbocycles. The lowest BCUT2D eigenvalue weighted by atomic mass is 9.93. The summed E-state index contributed by atoms with van der Waals surface area (Å²) in [5.74, 6) is 2.34. The van der Waals surface area contributed by atoms with Gasteiger partial charge in [-0.2, -0.15) is 0 Å². The largest absolute Gasteiger partial charge is 0.454 e. The minimum Gasteiger partial charge on any atom is -0.454 e. The van der Waals surface area contributed by atoms with Gasteiger partial charge in [0.05, 0.1) is 5.69 Å². The number of benzene rings is 1. The smallest absolute Gasteiger partial charge is 0.251 e. The van der Waals surface area contributed by atoms with Crippen molar-refractivity contribution in [2.24, 2.45) is 0 Å². The molecule has 132 valence electrons. The van der Waals surface area contributed by atoms with Gasteiger partial charge < -0.3 is 19.4 Å². The zero-order valence-corrected chi connectivity index (χ0v) is 14.8. The molecule has 1 aromatic heterocycles. The van der Waals surface area contributed by atoms with Gasteiger partial charge in [-0.25, -0.2) is 4.98 Å². The van der Waals surface area contributed by atoms with Crippen molar-refractivity contribution in [3.8, 4) is 11.5 Å². The standard InChI is InChI=1S/C19H23N3O3/c1-19(2,3)16-10-22-9-13(5-7-17(22)21-16)20-18(23)12-4-6-14-15(8-12)25-11-24-14/h4,6,8,10,13H,5,7,9,11H2,1-3H3,(H,20,23). The van der Waals surface area contributed by atoms with E-state index in [1.54, 1.807) is 18.2 Å². The lowest BCUT2D eigenvalue weighted by Gasteiger charge is -2.24. The van der Waals surface area contributed by atoms with E-state index >= 15 is 0 Å². The normalized spacial score (nSPS) is 18.8. The van der Waals surface area contributed by atoms with Crippen molar-refractivity contribution in [3.63, 3.8) is 0 Å². The van der Waals surface area contributed by atoms with E-state index < -0.39 is 0 Å². The van der Waals surface area contributed by atoms with Gasteiger partial charge in [0.2, 0.25) is 6.79 Å². The number of nitrogens with one attached hydrogen (secondary N) is 1. The van der Waals surface area contributed by atoms with Crippen LogP contribution in [0.5, 0.6) is 11.5 Å². The molecule has 3 heterocycles. The van der Waals surface area contributed by atoms with Crippen molar-refractivity contribution in [2.45, 2.75) is 51.6 Å². The van der Waals surface area contributed by atoms with Gasteiger partial charge in [0.15, 0.2) is 11.5 Å². The minimum absolute atomic E-state index is 0.0373. The Morgan fingerprint density at radius 2 is 2.08 bits per heavy atom. The summed E-state index contributed by atoms with van der Waals surface area (Å²) in [6.45, 7) is 7.47. The molecule has 2 aliphatic heterocycles. The molecule has 25 heavy (non-hydrogen) atoms. The number of fused-ring (bicyclic) bond motifs is 2. The number of imidazole rings is 1. The fraction of sp³-hybridized carbons (Fsp3) is 0.474. The van der Waals surface area contributed by atoms with Crippen LogP contribution in [0.25, 0.3) is 0 Å². The summed E-state index contributed by atoms with van der Waals surface area (Å²) in [6, 6.07) is 5.39. The van der Waals surface area contributed by atoms with Crippen molar-refractivity contribution in [2.75, 3.05) is 6.79 Å². The van der Waals surface area contributed by atoms with Gasteiger partial charge in [0, 0.05) is 36.2 Å². The Morgan fingerprint density at radius 1 is 1.28 bits per heavy atom. The Labute approximate surface area is 147 Å². The Hall–Kier alpha value is -2.50. The first kappa shape index (κ1) is 16.0. The highest BCUT2D eigenvalue weighted by Crippen LogP contribution is 2.32. The van der Waals surface area contributed by atoms with E-state index in [0.29, 0.717) is 17.1 Å². The summed E-state index contributed by atoms with van der Waals surface area (Å²) < 4.78 is 12.8. The molecular formula is C19H23N3O3. The number of aromatic nitrogens is 2. The molecule has 1 unspecified atom stereocenters. The Kier molecular flexibility index (Phi) is 3.71. The van der Waals surface area contributed by atoms with Crippen LogP contribution in [0.4, 0.5) is 0 Å². The van der Waals surface area contributed by atoms with Gasteiger partial charge in [-0.15, -0.1) is 0 Å². The van der Waals surface area contributed by atoms with Crippen molar-refractivity contribution in [1.82, 2.24) is 14.9 Å². The SMILES string of the molecule is CC(C)(C)c1cn2c(n1)CCC(NC(=O)c1ccc3c(c1)OCO3)C2. The molecule has 6 nitrogen and oxygen atoms in total. The van der Waals surface area contributed by atoms with E-state index in [2.05, 4.69) is 36.9 Å². The maximum Gasteiger partial charge on any atom is 0.251 e. The number of amides is 1. The van der Waals surface area contributed by atoms with E-state index in [-0.39, 0.29) is 24.2 Å². The molecule has 0 aliphatic carbocycles. The first-order valence-corrected chi connectivity index (χ1v) is 8.67. The molecule has 0 bridgehead atoms. The average Bonchev–Trinajstić information content (AvgIpc) is 3.19. The van der Waals surface area contributed by atoms with Crippen molar-refractivity contribution in [3.05, 3.63) is 41.5 Å². The second kappa shape index (κ2) is 5.79. The summed E-state index contributed by atoms with van der Waals surface area (Å²) in [5, 5.41) is 3.13. The van der Waals surface area contributed by atoms with Crippen LogP contribution >= 0.6 is 0 Å². The Bertz CT molecular complexity index is 820. The fourth-order valence-electron chi connectivity index (χ4n) is 3.23. The van der Waals surface area contributed by atoms with Crippen LogP contribution in [-0.4, -0.2) is 28.3 Å². The number of hydrogen-bond donors (Lipinski definition) is 1. The molecule has 0 radical (unpaired) electrons. The number of carbonyl (C=O) groups excluding carboxylic acids is 1. The van der Waals surface area contributed by atoms with Crippen LogP contribution in [0, 0.1) is 0 Å². The molecule has 0 saturated carbocycles. The molecule has 1 atom stereocenters. The summed E-state index contributed by atoms with van der Waals surface area (Å²) in [4.78, 5) is 17.3. The number of aryl methyl sites for hydroxylation is 1. The highest BCUT2D eigenvalue weighted by atomic mass is 16.7. The zero-order valence-electron chi connectivity index (χ0n) is 14.8. The molecule has 0 spiro atoms. The van der Waals surface area contributed by atoms with E-state index in [0.717, 1.165) is 30.9 Å². The van der Waals surface area contributed by atoms with E-state index in [1.807, 2.05) is 0 Å². The third kappa shape index (κ3) is 3.08. The van der Waals surface area contributed by atoms with Crippen molar-refractivity contribution < 1.29 is 14.3 Å². The molecule has 4 rings (SSSR count). The number of rotatable bonds is 2. The lowest BCUT2D eigenvalue weighted by Crippen LogP contribution is -2.40. The van der Waals surface area contributed by atoms with Crippen LogP contribution in [0.1, 0.15) is 49.1 Å². The van der Waals surface area contributed by atoms with Gasteiger partial charge in [0.25, 0.3) is 5.91 Å². The molecule has 1 amide bonds. The highest BCUT2D eigenvalue weighted by Gasteiger charge is 2.26. The van der Waals surface area contributed by atoms with E-state index in [9.17, 15) is 4.79 Å². The maximum absolute atomic E-state index is 12.6. The predicted octanol–water partition coefficient (Wildman–Crippen LogP) is 2.65. The van der Waals surface area contributed by atoms with Crippen LogP contribution in [0.3, 0.4) is 0 Å². The highest BCUT2D eigenvalue weighted by molar-refractivity contribution is 5.95. The van der Waals surface area contributed by atoms with Crippen LogP contribution in [0.15, 0.2) is 24.4 Å². The third-order valence-electron chi connectivity index (χ3n) is 4.73. The van der Waals surface area contributed by atoms with Crippen LogP contribution in [0.2, 0.25) is 0 Å². The summed E-state index contributed by atoms with van der Waals surface area (Å²) in [5.41, 5.74) is 1.73. The molecule has 1 N–H and O–H groups in total. The molecule has 0 saturated heterocycles. The fourth-order valence-corrected chi connectivity index (χ4v) is 3.23. The minimum atomic E-state index is -0.0806. The van der Waals surface area contributed by atoms with Crippen LogP contribution < -0.4 is 14.8 Å². The van der Waals surface area contributed by atoms with Crippen molar-refractivity contribution in [1.29, 1.82) is 0 Å². The topological polar surface area (TPSA) is 65.4 Å². The summed E-state index contributed by atoms with van der Waals surface area (Å²) in [6.07, 6.45) is 3.90. The van der Waals surface area contributed by atoms with E-state index in [1.165, 1.54) is 0 Å². The number of hydrogen-bond acceptors (Lipinski definition) is 4. The second-order valence-electron chi connectivity index (χ2n) is 7.72. The molecule has 0 fully saturated rings. The molecule has 2 aliphatic rings. The third-order valence-corrected chi connectivity index (χ3v) is 4.73. The first-order valence-electron chi connectivity index (χ1n) is 8.67. The zero-order chi connectivity index (χ0) is 17.6. The maximum atomic E-state index is 12.6. The number of nitrogens with zero attached hydrogens (tertiary/aromatic N) is 2. The molecule has 2 aromatic rings. The van der Waals surface area contributed by atoms with Gasteiger partial charge >= 0.3 is 0 Å². The molecule has 6 heteroatoms. The van der Waals surface area contributed by atoms with E-state index in [4.69, 9.17) is 14.5 Å². The van der Waals surface area contributed by atoms with Crippen molar-refractivity contribution >= 4 is 5.91 Å². The Balaban J connectivity index is 1.45. The van der Waals surface area contributed by atoms with Gasteiger partial charge in [-0.3, -0.25) is 4.79 Å². The van der Waals surface area contributed by atoms with Crippen LogP contribution in [-0.2, 0) is 18.4 Å². The second-order valence-corrected chi connectivity index (χ2v) is 7.72. The van der Waals surface area contributed by atoms with Gasteiger partial charge in [-0.05, 0) is 24.6 Å². The predicted molar refractivity (Wildman–Crippen MR) is 93.1 cm³/mol. The average molecular weight is 341 g/mol. The summed E-state index contributed by atoms with van der Waals surface area (Å²) >= 11 is 0. The quantitative estimate of drug-likeness (QED) is 0.912. The molecular weight excluding hydrogens is 318 g/mol. The number of carbonyl (C=O) groups is 1. The Morgan fingerprint density at radius 3 is 2.88 bits per heavy atom. The lowest BCUT2D eigenvalue weighted by molar-refractivity contribution is 0.0927. The number of ether oxygens (including phenoxy) is 2. The first-order chi connectivity index (χ1) is 11.9. The summed E-state index contributed by atoms with van der Waals surface area (Å²) in [7, 11) is 0. The monoisotopic (exact) mass is 341 g/mol. The van der Waals surface area contributed by atoms with Gasteiger partial charge in [-0.1, -0.05) is 20.8 Å². The van der Waals surface area contributed by atoms with Gasteiger partial charge in [0.1, 0.15) is 5.82 Å².